The van der Waals surface area contributed by atoms with E-state index in [9.17, 15) is 0 Å². The van der Waals surface area contributed by atoms with Gasteiger partial charge in [-0.05, 0) is 48.7 Å². The second kappa shape index (κ2) is 9.97. The number of benzene rings is 3. The summed E-state index contributed by atoms with van der Waals surface area (Å²) in [6.07, 6.45) is 2.33. The van der Waals surface area contributed by atoms with Crippen LogP contribution < -0.4 is 4.90 Å². The fourth-order valence-corrected chi connectivity index (χ4v) is 3.82. The number of anilines is 3. The second-order valence-electron chi connectivity index (χ2n) is 6.98. The number of rotatable bonds is 6. The molecule has 4 rings (SSSR count). The zero-order chi connectivity index (χ0) is 20.2. The molecule has 1 radical (unpaired) electrons. The van der Waals surface area contributed by atoms with Crippen molar-refractivity contribution in [1.82, 2.24) is 10.1 Å². The molecule has 0 spiro atoms. The van der Waals surface area contributed by atoms with Crippen LogP contribution in [0.2, 0.25) is 0 Å². The van der Waals surface area contributed by atoms with E-state index in [1.165, 1.54) is 6.39 Å². The van der Waals surface area contributed by atoms with E-state index in [2.05, 4.69) is 65.3 Å². The first-order valence-electron chi connectivity index (χ1n) is 9.71. The summed E-state index contributed by atoms with van der Waals surface area (Å²) >= 11 is 5.82. The van der Waals surface area contributed by atoms with Crippen LogP contribution in [0.25, 0.3) is 11.4 Å². The average molecular weight is 503 g/mol. The van der Waals surface area contributed by atoms with Crippen LogP contribution in [0.1, 0.15) is 31.7 Å². The Morgan fingerprint density at radius 3 is 2.03 bits per heavy atom. The van der Waals surface area contributed by atoms with Gasteiger partial charge < -0.3 is 22.1 Å². The van der Waals surface area contributed by atoms with Gasteiger partial charge in [0.05, 0.1) is 0 Å². The molecule has 0 fully saturated rings. The zero-order valence-corrected chi connectivity index (χ0v) is 19.2. The summed E-state index contributed by atoms with van der Waals surface area (Å²) in [4.78, 5) is 7.27. The topological polar surface area (TPSA) is 42.2 Å². The molecule has 155 valence electrons. The predicted octanol–water partition coefficient (Wildman–Crippen LogP) is 6.62. The molecule has 1 aromatic heterocycles. The van der Waals surface area contributed by atoms with Crippen molar-refractivity contribution < 1.29 is 24.0 Å². The fraction of sp³-hybridized carbons (Fsp3) is 0.167. The molecule has 0 saturated carbocycles. The van der Waals surface area contributed by atoms with Gasteiger partial charge in [-0.15, -0.1) is 0 Å². The SMILES string of the molecule is CCC(C)c1cc(N(c2ccccc2)c2ccccc2)cc(-c2ncon2)c1[S-].[Rh]. The number of nitrogens with zero attached hydrogens (tertiary/aromatic N) is 3. The Balaban J connectivity index is 0.00000256. The van der Waals surface area contributed by atoms with Gasteiger partial charge in [0, 0.05) is 42.1 Å². The quantitative estimate of drug-likeness (QED) is 0.219. The summed E-state index contributed by atoms with van der Waals surface area (Å²) in [5.74, 6) is 0.837. The summed E-state index contributed by atoms with van der Waals surface area (Å²) in [5.41, 5.74) is 5.11. The molecule has 30 heavy (non-hydrogen) atoms. The number of hydrogen-bond acceptors (Lipinski definition) is 5. The van der Waals surface area contributed by atoms with E-state index < -0.39 is 0 Å². The summed E-state index contributed by atoms with van der Waals surface area (Å²) in [7, 11) is 0. The van der Waals surface area contributed by atoms with E-state index in [0.29, 0.717) is 11.7 Å². The van der Waals surface area contributed by atoms with E-state index in [1.54, 1.807) is 0 Å². The van der Waals surface area contributed by atoms with Crippen molar-refractivity contribution in [1.29, 1.82) is 0 Å². The smallest absolute Gasteiger partial charge is 0.214 e. The van der Waals surface area contributed by atoms with Crippen molar-refractivity contribution in [3.8, 4) is 11.4 Å². The molecule has 0 aliphatic heterocycles. The van der Waals surface area contributed by atoms with E-state index in [4.69, 9.17) is 17.2 Å². The summed E-state index contributed by atoms with van der Waals surface area (Å²) in [6, 6.07) is 24.9. The Bertz CT molecular complexity index is 1030. The van der Waals surface area contributed by atoms with Crippen LogP contribution >= 0.6 is 0 Å². The van der Waals surface area contributed by atoms with Gasteiger partial charge in [0.1, 0.15) is 0 Å². The molecule has 6 heteroatoms. The molecule has 1 unspecified atom stereocenters. The minimum atomic E-state index is 0. The van der Waals surface area contributed by atoms with E-state index in [-0.39, 0.29) is 19.5 Å². The fourth-order valence-electron chi connectivity index (χ4n) is 3.41. The minimum absolute atomic E-state index is 0. The van der Waals surface area contributed by atoms with E-state index in [1.807, 2.05) is 36.4 Å². The zero-order valence-electron chi connectivity index (χ0n) is 16.8. The summed E-state index contributed by atoms with van der Waals surface area (Å²) in [6.45, 7) is 4.37. The van der Waals surface area contributed by atoms with Gasteiger partial charge in [-0.2, -0.15) is 9.88 Å². The van der Waals surface area contributed by atoms with E-state index in [0.717, 1.165) is 39.5 Å². The summed E-state index contributed by atoms with van der Waals surface area (Å²) < 4.78 is 5.00. The molecule has 4 aromatic rings. The maximum atomic E-state index is 5.82. The van der Waals surface area contributed by atoms with E-state index >= 15 is 0 Å². The van der Waals surface area contributed by atoms with Crippen LogP contribution in [0.4, 0.5) is 17.1 Å². The molecule has 0 aliphatic rings. The maximum Gasteiger partial charge on any atom is 0.214 e. The van der Waals surface area contributed by atoms with Crippen molar-refractivity contribution in [2.75, 3.05) is 4.90 Å². The van der Waals surface area contributed by atoms with Gasteiger partial charge in [-0.25, -0.2) is 0 Å². The van der Waals surface area contributed by atoms with Crippen molar-refractivity contribution in [2.45, 2.75) is 31.1 Å². The Labute approximate surface area is 195 Å². The monoisotopic (exact) mass is 503 g/mol. The van der Waals surface area contributed by atoms with Crippen molar-refractivity contribution in [3.63, 3.8) is 0 Å². The van der Waals surface area contributed by atoms with Gasteiger partial charge >= 0.3 is 0 Å². The van der Waals surface area contributed by atoms with Crippen LogP contribution in [-0.4, -0.2) is 10.1 Å². The minimum Gasteiger partial charge on any atom is -0.779 e. The molecule has 0 N–H and O–H groups in total. The molecular formula is C24H22N3ORhS-. The molecule has 1 atom stereocenters. The van der Waals surface area contributed by atoms with Crippen molar-refractivity contribution in [3.05, 3.63) is 84.8 Å². The van der Waals surface area contributed by atoms with Gasteiger partial charge in [-0.3, -0.25) is 0 Å². The second-order valence-corrected chi connectivity index (χ2v) is 7.39. The van der Waals surface area contributed by atoms with Gasteiger partial charge in [-0.1, -0.05) is 61.0 Å². The Kier molecular flexibility index (Phi) is 7.35. The van der Waals surface area contributed by atoms with Crippen LogP contribution in [0.3, 0.4) is 0 Å². The Hall–Kier alpha value is -2.56. The molecular weight excluding hydrogens is 481 g/mol. The largest absolute Gasteiger partial charge is 0.779 e. The van der Waals surface area contributed by atoms with Gasteiger partial charge in [0.25, 0.3) is 0 Å². The summed E-state index contributed by atoms with van der Waals surface area (Å²) in [5, 5.41) is 4.05. The standard InChI is InChI=1S/C24H23N3OS.Rh/c1-3-17(2)21-14-20(15-22(23(21)29)24-25-16-28-26-24)27(18-10-6-4-7-11-18)19-12-8-5-9-13-19;/h4-17,29H,3H2,1-2H3;/p-1. The first-order valence-corrected chi connectivity index (χ1v) is 10.1. The van der Waals surface area contributed by atoms with Crippen LogP contribution in [-0.2, 0) is 32.1 Å². The molecule has 1 heterocycles. The first kappa shape index (κ1) is 22.1. The third kappa shape index (κ3) is 4.45. The molecule has 0 amide bonds. The average Bonchev–Trinajstić information content (AvgIpc) is 3.30. The maximum absolute atomic E-state index is 5.82. The molecule has 0 aliphatic carbocycles. The Morgan fingerprint density at radius 2 is 1.53 bits per heavy atom. The molecule has 3 aromatic carbocycles. The number of para-hydroxylation sites is 2. The molecule has 4 nitrogen and oxygen atoms in total. The van der Waals surface area contributed by atoms with Crippen molar-refractivity contribution in [2.24, 2.45) is 0 Å². The third-order valence-corrected chi connectivity index (χ3v) is 5.59. The van der Waals surface area contributed by atoms with Gasteiger partial charge in [0.2, 0.25) is 12.2 Å². The van der Waals surface area contributed by atoms with Gasteiger partial charge in [0.15, 0.2) is 0 Å². The normalized spacial score (nSPS) is 11.5. The number of hydrogen-bond donors (Lipinski definition) is 0. The van der Waals surface area contributed by atoms with Crippen LogP contribution in [0, 0.1) is 0 Å². The Morgan fingerprint density at radius 1 is 0.933 bits per heavy atom. The first-order chi connectivity index (χ1) is 14.2. The third-order valence-electron chi connectivity index (χ3n) is 5.13. The molecule has 0 bridgehead atoms. The van der Waals surface area contributed by atoms with Crippen LogP contribution in [0.5, 0.6) is 0 Å². The predicted molar refractivity (Wildman–Crippen MR) is 119 cm³/mol. The van der Waals surface area contributed by atoms with Crippen LogP contribution in [0.15, 0.2) is 88.6 Å². The molecule has 0 saturated heterocycles. The van der Waals surface area contributed by atoms with Crippen molar-refractivity contribution >= 4 is 29.7 Å². The number of aromatic nitrogens is 2.